The maximum atomic E-state index is 12.5. The lowest BCUT2D eigenvalue weighted by Crippen LogP contribution is -2.41. The van der Waals surface area contributed by atoms with Gasteiger partial charge in [-0.15, -0.1) is 23.1 Å². The molecule has 0 aliphatic heterocycles. The van der Waals surface area contributed by atoms with Gasteiger partial charge in [0.1, 0.15) is 10.8 Å². The molecule has 0 aliphatic rings. The summed E-state index contributed by atoms with van der Waals surface area (Å²) in [4.78, 5) is 17.4. The Balaban J connectivity index is 1.83. The maximum Gasteiger partial charge on any atom is 0.254 e. The van der Waals surface area contributed by atoms with E-state index in [1.165, 1.54) is 29.4 Å². The molecule has 124 valence electrons. The molecule has 7 heteroatoms. The molecule has 2 N–H and O–H groups in total. The van der Waals surface area contributed by atoms with Gasteiger partial charge < -0.3 is 14.8 Å². The third-order valence-electron chi connectivity index (χ3n) is 3.57. The third kappa shape index (κ3) is 3.24. The normalized spacial score (nSPS) is 13.4. The lowest BCUT2D eigenvalue weighted by molar-refractivity contribution is 0.0553. The fraction of sp³-hybridized carbons (Fsp3) is 0.176. The average molecular weight is 360 g/mol. The van der Waals surface area contributed by atoms with Gasteiger partial charge >= 0.3 is 0 Å². The van der Waals surface area contributed by atoms with Crippen LogP contribution in [0.3, 0.4) is 0 Å². The Kier molecular flexibility index (Phi) is 5.03. The number of aromatic nitrogens is 1. The van der Waals surface area contributed by atoms with Crippen LogP contribution in [0.2, 0.25) is 0 Å². The van der Waals surface area contributed by atoms with E-state index in [1.807, 2.05) is 23.8 Å². The molecule has 0 aliphatic carbocycles. The predicted molar refractivity (Wildman–Crippen MR) is 94.4 cm³/mol. The zero-order valence-electron chi connectivity index (χ0n) is 12.9. The summed E-state index contributed by atoms with van der Waals surface area (Å²) in [6.45, 7) is 0.00255. The van der Waals surface area contributed by atoms with E-state index in [4.69, 9.17) is 4.42 Å². The number of hydrogen-bond donors (Lipinski definition) is 2. The first-order valence-electron chi connectivity index (χ1n) is 7.22. The van der Waals surface area contributed by atoms with Crippen LogP contribution in [0.1, 0.15) is 21.0 Å². The summed E-state index contributed by atoms with van der Waals surface area (Å²) < 4.78 is 5.39. The molecule has 5 nitrogen and oxygen atoms in total. The second-order valence-corrected chi connectivity index (χ2v) is 6.80. The second kappa shape index (κ2) is 7.21. The lowest BCUT2D eigenvalue weighted by atomic mass is 9.98. The number of nitrogens with one attached hydrogen (secondary N) is 1. The summed E-state index contributed by atoms with van der Waals surface area (Å²) in [7, 11) is 0. The van der Waals surface area contributed by atoms with Crippen molar-refractivity contribution in [2.24, 2.45) is 0 Å². The lowest BCUT2D eigenvalue weighted by Gasteiger charge is -2.25. The van der Waals surface area contributed by atoms with Crippen molar-refractivity contribution in [2.75, 3.05) is 12.8 Å². The summed E-state index contributed by atoms with van der Waals surface area (Å²) in [6.07, 6.45) is 5.01. The first kappa shape index (κ1) is 16.8. The SMILES string of the molecule is CSc1ncccc1C(=O)NCC(O)(c1ccco1)c1cccs1. The number of carbonyl (C=O) groups is 1. The molecule has 0 bridgehead atoms. The number of rotatable bonds is 6. The van der Waals surface area contributed by atoms with E-state index in [0.717, 1.165) is 0 Å². The molecule has 3 heterocycles. The zero-order valence-corrected chi connectivity index (χ0v) is 14.6. The summed E-state index contributed by atoms with van der Waals surface area (Å²) in [5.41, 5.74) is -0.923. The van der Waals surface area contributed by atoms with Gasteiger partial charge in [0.05, 0.1) is 18.4 Å². The van der Waals surface area contributed by atoms with Gasteiger partial charge in [-0.05, 0) is 42.0 Å². The van der Waals surface area contributed by atoms with Crippen LogP contribution < -0.4 is 5.32 Å². The van der Waals surface area contributed by atoms with Gasteiger partial charge in [-0.1, -0.05) is 6.07 Å². The van der Waals surface area contributed by atoms with E-state index in [2.05, 4.69) is 10.3 Å². The Morgan fingerprint density at radius 1 is 1.38 bits per heavy atom. The van der Waals surface area contributed by atoms with Crippen molar-refractivity contribution in [3.8, 4) is 0 Å². The molecule has 0 fully saturated rings. The smallest absolute Gasteiger partial charge is 0.254 e. The number of thioether (sulfide) groups is 1. The number of hydrogen-bond acceptors (Lipinski definition) is 6. The highest BCUT2D eigenvalue weighted by atomic mass is 32.2. The highest BCUT2D eigenvalue weighted by Gasteiger charge is 2.36. The number of thiophene rings is 1. The van der Waals surface area contributed by atoms with Crippen LogP contribution in [-0.4, -0.2) is 28.8 Å². The summed E-state index contributed by atoms with van der Waals surface area (Å²) in [5.74, 6) is 0.107. The topological polar surface area (TPSA) is 75.4 Å². The van der Waals surface area contributed by atoms with E-state index in [0.29, 0.717) is 21.2 Å². The van der Waals surface area contributed by atoms with Crippen molar-refractivity contribution in [3.63, 3.8) is 0 Å². The van der Waals surface area contributed by atoms with Crippen LogP contribution in [0.15, 0.2) is 63.7 Å². The molecular formula is C17H16N2O3S2. The molecular weight excluding hydrogens is 344 g/mol. The highest BCUT2D eigenvalue weighted by Crippen LogP contribution is 2.32. The number of carbonyl (C=O) groups excluding carboxylic acids is 1. The van der Waals surface area contributed by atoms with Crippen LogP contribution in [0.25, 0.3) is 0 Å². The molecule has 0 spiro atoms. The molecule has 24 heavy (non-hydrogen) atoms. The summed E-state index contributed by atoms with van der Waals surface area (Å²) in [5, 5.41) is 16.4. The van der Waals surface area contributed by atoms with E-state index >= 15 is 0 Å². The van der Waals surface area contributed by atoms with E-state index < -0.39 is 5.60 Å². The number of aliphatic hydroxyl groups is 1. The Morgan fingerprint density at radius 2 is 2.25 bits per heavy atom. The van der Waals surface area contributed by atoms with Crippen molar-refractivity contribution in [3.05, 3.63) is 70.4 Å². The van der Waals surface area contributed by atoms with Crippen molar-refractivity contribution in [1.29, 1.82) is 0 Å². The molecule has 1 unspecified atom stereocenters. The third-order valence-corrected chi connectivity index (χ3v) is 5.30. The van der Waals surface area contributed by atoms with Crippen molar-refractivity contribution in [2.45, 2.75) is 10.6 Å². The first-order chi connectivity index (χ1) is 11.6. The van der Waals surface area contributed by atoms with Gasteiger partial charge in [0.2, 0.25) is 0 Å². The monoisotopic (exact) mass is 360 g/mol. The molecule has 3 aromatic heterocycles. The number of nitrogens with zero attached hydrogens (tertiary/aromatic N) is 1. The van der Waals surface area contributed by atoms with Gasteiger partial charge in [0, 0.05) is 11.1 Å². The van der Waals surface area contributed by atoms with E-state index in [1.54, 1.807) is 30.5 Å². The Morgan fingerprint density at radius 3 is 2.92 bits per heavy atom. The van der Waals surface area contributed by atoms with Crippen molar-refractivity contribution >= 4 is 29.0 Å². The van der Waals surface area contributed by atoms with Crippen molar-refractivity contribution in [1.82, 2.24) is 10.3 Å². The molecule has 3 aromatic rings. The predicted octanol–water partition coefficient (Wildman–Crippen LogP) is 3.12. The van der Waals surface area contributed by atoms with E-state index in [-0.39, 0.29) is 12.5 Å². The van der Waals surface area contributed by atoms with Gasteiger partial charge in [-0.25, -0.2) is 4.98 Å². The zero-order chi connectivity index (χ0) is 17.0. The summed E-state index contributed by atoms with van der Waals surface area (Å²) in [6, 6.07) is 10.5. The minimum atomic E-state index is -1.41. The first-order valence-corrected chi connectivity index (χ1v) is 9.33. The minimum Gasteiger partial charge on any atom is -0.466 e. The molecule has 1 amide bonds. The van der Waals surface area contributed by atoms with Gasteiger partial charge in [0.15, 0.2) is 5.60 Å². The second-order valence-electron chi connectivity index (χ2n) is 5.06. The molecule has 0 saturated heterocycles. The van der Waals surface area contributed by atoms with Crippen LogP contribution in [0.4, 0.5) is 0 Å². The van der Waals surface area contributed by atoms with Gasteiger partial charge in [-0.2, -0.15) is 0 Å². The standard InChI is InChI=1S/C17H16N2O3S2/c1-23-16-12(5-2-8-18-16)15(20)19-11-17(21,13-6-3-9-22-13)14-7-4-10-24-14/h2-10,21H,11H2,1H3,(H,19,20). The number of pyridine rings is 1. The average Bonchev–Trinajstić information content (AvgIpc) is 3.33. The number of furan rings is 1. The quantitative estimate of drug-likeness (QED) is 0.661. The van der Waals surface area contributed by atoms with Gasteiger partial charge in [-0.3, -0.25) is 4.79 Å². The van der Waals surface area contributed by atoms with E-state index in [9.17, 15) is 9.90 Å². The number of amides is 1. The molecule has 3 rings (SSSR count). The van der Waals surface area contributed by atoms with Crippen LogP contribution in [0.5, 0.6) is 0 Å². The molecule has 1 atom stereocenters. The van der Waals surface area contributed by atoms with Gasteiger partial charge in [0.25, 0.3) is 5.91 Å². The Hall–Kier alpha value is -2.09. The van der Waals surface area contributed by atoms with Crippen LogP contribution in [0, 0.1) is 0 Å². The van der Waals surface area contributed by atoms with Crippen LogP contribution >= 0.6 is 23.1 Å². The highest BCUT2D eigenvalue weighted by molar-refractivity contribution is 7.98. The minimum absolute atomic E-state index is 0.00255. The largest absolute Gasteiger partial charge is 0.466 e. The maximum absolute atomic E-state index is 12.5. The summed E-state index contributed by atoms with van der Waals surface area (Å²) >= 11 is 2.81. The van der Waals surface area contributed by atoms with Crippen molar-refractivity contribution < 1.29 is 14.3 Å². The fourth-order valence-electron chi connectivity index (χ4n) is 2.35. The Labute approximate surface area is 147 Å². The fourth-order valence-corrected chi connectivity index (χ4v) is 3.73. The molecule has 0 aromatic carbocycles. The molecule has 0 radical (unpaired) electrons. The Bertz CT molecular complexity index is 767. The van der Waals surface area contributed by atoms with Crippen LogP contribution in [-0.2, 0) is 5.60 Å². The molecule has 0 saturated carbocycles.